The number of fused-ring (bicyclic) bond motifs is 1. The third-order valence-corrected chi connectivity index (χ3v) is 5.46. The Bertz CT molecular complexity index is 1120. The second kappa shape index (κ2) is 7.46. The maximum atomic E-state index is 12.5. The van der Waals surface area contributed by atoms with E-state index < -0.39 is 11.2 Å². The van der Waals surface area contributed by atoms with Crippen LogP contribution in [0.5, 0.6) is 0 Å². The summed E-state index contributed by atoms with van der Waals surface area (Å²) in [6.45, 7) is 4.22. The fraction of sp³-hybridized carbons (Fsp3) is 0.400. The summed E-state index contributed by atoms with van der Waals surface area (Å²) in [6.07, 6.45) is 3.19. The van der Waals surface area contributed by atoms with E-state index in [9.17, 15) is 14.4 Å². The molecule has 1 N–H and O–H groups in total. The molecule has 0 atom stereocenters. The maximum absolute atomic E-state index is 12.5. The predicted octanol–water partition coefficient (Wildman–Crippen LogP) is 1.13. The van der Waals surface area contributed by atoms with Crippen molar-refractivity contribution in [1.29, 1.82) is 0 Å². The number of aromatic nitrogens is 4. The molecule has 0 unspecified atom stereocenters. The van der Waals surface area contributed by atoms with Crippen LogP contribution in [0.2, 0.25) is 0 Å². The number of carbonyl (C=O) groups excluding carboxylic acids is 1. The zero-order valence-corrected chi connectivity index (χ0v) is 15.8. The number of likely N-dealkylation sites (tertiary alicyclic amines) is 1. The molecule has 0 radical (unpaired) electrons. The first-order valence-electron chi connectivity index (χ1n) is 9.50. The third-order valence-electron chi connectivity index (χ3n) is 5.46. The van der Waals surface area contributed by atoms with Crippen LogP contribution >= 0.6 is 0 Å². The molecule has 1 fully saturated rings. The topological polar surface area (TPSA) is 93.0 Å². The summed E-state index contributed by atoms with van der Waals surface area (Å²) >= 11 is 0. The molecule has 1 aliphatic rings. The van der Waals surface area contributed by atoms with E-state index in [0.29, 0.717) is 19.0 Å². The molecule has 3 aromatic rings. The molecule has 1 aliphatic heterocycles. The molecule has 4 rings (SSSR count). The van der Waals surface area contributed by atoms with Gasteiger partial charge in [0, 0.05) is 31.9 Å². The highest BCUT2D eigenvalue weighted by Crippen LogP contribution is 2.23. The lowest BCUT2D eigenvalue weighted by molar-refractivity contribution is -0.133. The summed E-state index contributed by atoms with van der Waals surface area (Å²) in [6, 6.07) is 9.39. The van der Waals surface area contributed by atoms with Gasteiger partial charge in [0.1, 0.15) is 12.4 Å². The SMILES string of the molecule is Cc1nc2ccccc2n1CC1CCN(C(=O)Cn2ccc(=O)[nH]c2=O)CC1. The number of amides is 1. The number of hydrogen-bond acceptors (Lipinski definition) is 4. The van der Waals surface area contributed by atoms with Gasteiger partial charge in [0.05, 0.1) is 11.0 Å². The van der Waals surface area contributed by atoms with Crippen LogP contribution in [0.15, 0.2) is 46.1 Å². The third kappa shape index (κ3) is 3.62. The molecule has 1 aromatic carbocycles. The molecule has 0 spiro atoms. The van der Waals surface area contributed by atoms with E-state index in [-0.39, 0.29) is 12.5 Å². The highest BCUT2D eigenvalue weighted by atomic mass is 16.2. The molecule has 8 nitrogen and oxygen atoms in total. The van der Waals surface area contributed by atoms with Crippen molar-refractivity contribution in [3.8, 4) is 0 Å². The molecular formula is C20H23N5O3. The lowest BCUT2D eigenvalue weighted by Crippen LogP contribution is -2.42. The monoisotopic (exact) mass is 381 g/mol. The van der Waals surface area contributed by atoms with Crippen LogP contribution in [0.1, 0.15) is 18.7 Å². The first kappa shape index (κ1) is 18.2. The van der Waals surface area contributed by atoms with E-state index in [1.807, 2.05) is 25.1 Å². The van der Waals surface area contributed by atoms with E-state index >= 15 is 0 Å². The fourth-order valence-electron chi connectivity index (χ4n) is 3.86. The number of nitrogens with one attached hydrogen (secondary N) is 1. The van der Waals surface area contributed by atoms with Crippen molar-refractivity contribution in [1.82, 2.24) is 24.0 Å². The quantitative estimate of drug-likeness (QED) is 0.733. The van der Waals surface area contributed by atoms with E-state index in [2.05, 4.69) is 20.6 Å². The summed E-state index contributed by atoms with van der Waals surface area (Å²) in [7, 11) is 0. The second-order valence-electron chi connectivity index (χ2n) is 7.32. The van der Waals surface area contributed by atoms with E-state index in [0.717, 1.165) is 36.2 Å². The van der Waals surface area contributed by atoms with Gasteiger partial charge < -0.3 is 9.47 Å². The predicted molar refractivity (Wildman–Crippen MR) is 105 cm³/mol. The van der Waals surface area contributed by atoms with Crippen molar-refractivity contribution in [3.05, 3.63) is 63.2 Å². The van der Waals surface area contributed by atoms with Gasteiger partial charge in [0.2, 0.25) is 5.91 Å². The van der Waals surface area contributed by atoms with Gasteiger partial charge >= 0.3 is 5.69 Å². The normalized spacial score (nSPS) is 15.2. The molecule has 0 aliphatic carbocycles. The minimum Gasteiger partial charge on any atom is -0.341 e. The van der Waals surface area contributed by atoms with Gasteiger partial charge in [0.25, 0.3) is 5.56 Å². The molecular weight excluding hydrogens is 358 g/mol. The van der Waals surface area contributed by atoms with Crippen molar-refractivity contribution < 1.29 is 4.79 Å². The van der Waals surface area contributed by atoms with Gasteiger partial charge in [-0.3, -0.25) is 19.1 Å². The first-order valence-corrected chi connectivity index (χ1v) is 9.50. The molecule has 1 amide bonds. The van der Waals surface area contributed by atoms with Gasteiger partial charge in [-0.1, -0.05) is 12.1 Å². The lowest BCUT2D eigenvalue weighted by atomic mass is 9.96. The van der Waals surface area contributed by atoms with Crippen molar-refractivity contribution >= 4 is 16.9 Å². The zero-order chi connectivity index (χ0) is 19.7. The lowest BCUT2D eigenvalue weighted by Gasteiger charge is -2.32. The Morgan fingerprint density at radius 2 is 1.93 bits per heavy atom. The Hall–Kier alpha value is -3.16. The molecule has 28 heavy (non-hydrogen) atoms. The van der Waals surface area contributed by atoms with Crippen LogP contribution in [0, 0.1) is 12.8 Å². The Morgan fingerprint density at radius 1 is 1.18 bits per heavy atom. The van der Waals surface area contributed by atoms with Crippen molar-refractivity contribution in [2.45, 2.75) is 32.9 Å². The second-order valence-corrected chi connectivity index (χ2v) is 7.32. The number of benzene rings is 1. The standard InChI is InChI=1S/C20H23N5O3/c1-14-21-16-4-2-3-5-17(16)25(14)12-15-6-9-23(10-7-15)19(27)13-24-11-8-18(26)22-20(24)28/h2-5,8,11,15H,6-7,9-10,12-13H2,1H3,(H,22,26,28). The zero-order valence-electron chi connectivity index (χ0n) is 15.8. The number of rotatable bonds is 4. The Morgan fingerprint density at radius 3 is 2.68 bits per heavy atom. The van der Waals surface area contributed by atoms with E-state index in [1.165, 1.54) is 16.8 Å². The first-order chi connectivity index (χ1) is 13.5. The van der Waals surface area contributed by atoms with Crippen LogP contribution in [0.25, 0.3) is 11.0 Å². The number of aromatic amines is 1. The molecule has 3 heterocycles. The highest BCUT2D eigenvalue weighted by molar-refractivity contribution is 5.76. The summed E-state index contributed by atoms with van der Waals surface area (Å²) in [4.78, 5) is 44.0. The number of nitrogens with zero attached hydrogens (tertiary/aromatic N) is 4. The molecule has 0 saturated carbocycles. The Kier molecular flexibility index (Phi) is 4.85. The van der Waals surface area contributed by atoms with E-state index in [1.54, 1.807) is 4.90 Å². The number of imidazole rings is 1. The number of piperidine rings is 1. The van der Waals surface area contributed by atoms with Gasteiger partial charge in [-0.25, -0.2) is 9.78 Å². The maximum Gasteiger partial charge on any atom is 0.328 e. The van der Waals surface area contributed by atoms with Gasteiger partial charge in [-0.2, -0.15) is 0 Å². The number of carbonyl (C=O) groups is 1. The van der Waals surface area contributed by atoms with E-state index in [4.69, 9.17) is 0 Å². The molecule has 146 valence electrons. The van der Waals surface area contributed by atoms with Crippen LogP contribution in [0.4, 0.5) is 0 Å². The fourth-order valence-corrected chi connectivity index (χ4v) is 3.86. The van der Waals surface area contributed by atoms with Gasteiger partial charge in [-0.15, -0.1) is 0 Å². The molecule has 2 aromatic heterocycles. The number of aryl methyl sites for hydroxylation is 1. The smallest absolute Gasteiger partial charge is 0.328 e. The average Bonchev–Trinajstić information content (AvgIpc) is 3.00. The minimum absolute atomic E-state index is 0.0501. The van der Waals surface area contributed by atoms with Gasteiger partial charge in [-0.05, 0) is 37.8 Å². The number of para-hydroxylation sites is 2. The minimum atomic E-state index is -0.557. The summed E-state index contributed by atoms with van der Waals surface area (Å²) in [5.41, 5.74) is 1.14. The van der Waals surface area contributed by atoms with Crippen LogP contribution in [-0.4, -0.2) is 43.0 Å². The van der Waals surface area contributed by atoms with Crippen LogP contribution in [-0.2, 0) is 17.9 Å². The van der Waals surface area contributed by atoms with Crippen molar-refractivity contribution in [2.24, 2.45) is 5.92 Å². The largest absolute Gasteiger partial charge is 0.341 e. The van der Waals surface area contributed by atoms with Crippen molar-refractivity contribution in [2.75, 3.05) is 13.1 Å². The van der Waals surface area contributed by atoms with Crippen molar-refractivity contribution in [3.63, 3.8) is 0 Å². The summed E-state index contributed by atoms with van der Waals surface area (Å²) in [5.74, 6) is 1.39. The average molecular weight is 381 g/mol. The summed E-state index contributed by atoms with van der Waals surface area (Å²) in [5, 5.41) is 0. The number of hydrogen-bond donors (Lipinski definition) is 1. The molecule has 8 heteroatoms. The number of H-pyrrole nitrogens is 1. The Balaban J connectivity index is 1.37. The van der Waals surface area contributed by atoms with Crippen LogP contribution < -0.4 is 11.2 Å². The van der Waals surface area contributed by atoms with Crippen LogP contribution in [0.3, 0.4) is 0 Å². The molecule has 1 saturated heterocycles. The highest BCUT2D eigenvalue weighted by Gasteiger charge is 2.24. The molecule has 0 bridgehead atoms. The Labute approximate surface area is 161 Å². The summed E-state index contributed by atoms with van der Waals surface area (Å²) < 4.78 is 3.49. The van der Waals surface area contributed by atoms with Gasteiger partial charge in [0.15, 0.2) is 0 Å².